The normalized spacial score (nSPS) is 14.6. The molecule has 6 nitrogen and oxygen atoms in total. The van der Waals surface area contributed by atoms with E-state index in [0.29, 0.717) is 47.6 Å². The van der Waals surface area contributed by atoms with E-state index in [4.69, 9.17) is 32.7 Å². The number of amides is 2. The number of hydrogen-bond donors (Lipinski definition) is 0. The van der Waals surface area contributed by atoms with Crippen molar-refractivity contribution in [2.24, 2.45) is 0 Å². The lowest BCUT2D eigenvalue weighted by Gasteiger charge is -2.25. The number of carbonyl (C=O) groups is 2. The van der Waals surface area contributed by atoms with Gasteiger partial charge in [0.25, 0.3) is 11.8 Å². The van der Waals surface area contributed by atoms with Gasteiger partial charge in [-0.15, -0.1) is 0 Å². The molecule has 26 heavy (non-hydrogen) atoms. The number of carbonyl (C=O) groups excluding carboxylic acids is 2. The fraction of sp³-hybridized carbons (Fsp3) is 0.444. The van der Waals surface area contributed by atoms with Crippen LogP contribution in [0, 0.1) is 0 Å². The highest BCUT2D eigenvalue weighted by Gasteiger charge is 2.41. The number of nitrogens with zero attached hydrogens (tertiary/aromatic N) is 2. The molecule has 0 spiro atoms. The van der Waals surface area contributed by atoms with Crippen LogP contribution in [-0.2, 0) is 19.1 Å². The van der Waals surface area contributed by atoms with E-state index in [1.54, 1.807) is 39.3 Å². The molecule has 0 fully saturated rings. The second-order valence-electron chi connectivity index (χ2n) is 5.67. The quantitative estimate of drug-likeness (QED) is 0.596. The molecule has 0 saturated heterocycles. The van der Waals surface area contributed by atoms with Crippen LogP contribution in [0.5, 0.6) is 0 Å². The number of halogens is 2. The van der Waals surface area contributed by atoms with Crippen LogP contribution in [0.3, 0.4) is 0 Å². The van der Waals surface area contributed by atoms with Gasteiger partial charge < -0.3 is 14.4 Å². The van der Waals surface area contributed by atoms with E-state index in [-0.39, 0.29) is 23.9 Å². The van der Waals surface area contributed by atoms with Crippen LogP contribution >= 0.6 is 23.2 Å². The maximum atomic E-state index is 12.9. The summed E-state index contributed by atoms with van der Waals surface area (Å²) < 4.78 is 10.3. The van der Waals surface area contributed by atoms with E-state index >= 15 is 0 Å². The van der Waals surface area contributed by atoms with Gasteiger partial charge in [0.15, 0.2) is 0 Å². The molecule has 1 aliphatic rings. The van der Waals surface area contributed by atoms with E-state index in [1.807, 2.05) is 4.90 Å². The van der Waals surface area contributed by atoms with E-state index < -0.39 is 0 Å². The Bertz CT molecular complexity index is 713. The number of benzene rings is 1. The Morgan fingerprint density at radius 3 is 2.15 bits per heavy atom. The largest absolute Gasteiger partial charge is 0.383 e. The highest BCUT2D eigenvalue weighted by Crippen LogP contribution is 2.36. The first-order chi connectivity index (χ1) is 12.5. The van der Waals surface area contributed by atoms with Crippen LogP contribution in [0.25, 0.3) is 5.57 Å². The van der Waals surface area contributed by atoms with Gasteiger partial charge in [-0.05, 0) is 19.1 Å². The minimum absolute atomic E-state index is 0.276. The summed E-state index contributed by atoms with van der Waals surface area (Å²) in [6.07, 6.45) is 0. The Morgan fingerprint density at radius 2 is 1.65 bits per heavy atom. The Balaban J connectivity index is 2.59. The summed E-state index contributed by atoms with van der Waals surface area (Å²) in [5, 5.41) is 0.781. The Hall–Kier alpha value is -1.60. The summed E-state index contributed by atoms with van der Waals surface area (Å²) in [5.74, 6) is -0.706. The maximum Gasteiger partial charge on any atom is 0.277 e. The molecule has 0 aromatic heterocycles. The summed E-state index contributed by atoms with van der Waals surface area (Å²) in [5.41, 5.74) is 1.08. The molecule has 1 aromatic rings. The molecular weight excluding hydrogens is 379 g/mol. The van der Waals surface area contributed by atoms with E-state index in [2.05, 4.69) is 0 Å². The SMILES string of the molecule is CCN1C(=O)C(c2ccc(Cl)cc2Cl)=C(N(CCOC)CCOC)C1=O. The Kier molecular flexibility index (Phi) is 7.46. The van der Waals surface area contributed by atoms with Gasteiger partial charge in [0.2, 0.25) is 0 Å². The minimum atomic E-state index is -0.364. The first kappa shape index (κ1) is 20.7. The number of methoxy groups -OCH3 is 2. The zero-order valence-corrected chi connectivity index (χ0v) is 16.6. The fourth-order valence-electron chi connectivity index (χ4n) is 2.82. The van der Waals surface area contributed by atoms with Crippen LogP contribution in [0.4, 0.5) is 0 Å². The van der Waals surface area contributed by atoms with E-state index in [1.165, 1.54) is 4.90 Å². The van der Waals surface area contributed by atoms with Crippen LogP contribution in [0.2, 0.25) is 10.0 Å². The molecule has 2 rings (SSSR count). The van der Waals surface area contributed by atoms with Gasteiger partial charge in [-0.25, -0.2) is 0 Å². The van der Waals surface area contributed by atoms with Crippen molar-refractivity contribution in [1.82, 2.24) is 9.80 Å². The highest BCUT2D eigenvalue weighted by molar-refractivity contribution is 6.41. The number of likely N-dealkylation sites (N-methyl/N-ethyl adjacent to an activating group) is 1. The second kappa shape index (κ2) is 9.37. The van der Waals surface area contributed by atoms with Crippen molar-refractivity contribution in [3.05, 3.63) is 39.5 Å². The van der Waals surface area contributed by atoms with Crippen molar-refractivity contribution in [3.63, 3.8) is 0 Å². The maximum absolute atomic E-state index is 12.9. The molecule has 0 aliphatic carbocycles. The van der Waals surface area contributed by atoms with Gasteiger partial charge in [0.1, 0.15) is 5.70 Å². The molecule has 1 aromatic carbocycles. The van der Waals surface area contributed by atoms with E-state index in [0.717, 1.165) is 0 Å². The highest BCUT2D eigenvalue weighted by atomic mass is 35.5. The molecule has 8 heteroatoms. The van der Waals surface area contributed by atoms with Gasteiger partial charge in [-0.2, -0.15) is 0 Å². The molecule has 0 bridgehead atoms. The van der Waals surface area contributed by atoms with Gasteiger partial charge in [-0.3, -0.25) is 14.5 Å². The lowest BCUT2D eigenvalue weighted by atomic mass is 10.0. The summed E-state index contributed by atoms with van der Waals surface area (Å²) in [7, 11) is 3.17. The molecule has 0 atom stereocenters. The summed E-state index contributed by atoms with van der Waals surface area (Å²) in [6.45, 7) is 3.73. The first-order valence-electron chi connectivity index (χ1n) is 8.24. The average molecular weight is 401 g/mol. The van der Waals surface area contributed by atoms with Crippen molar-refractivity contribution in [2.45, 2.75) is 6.92 Å². The van der Waals surface area contributed by atoms with Crippen molar-refractivity contribution in [3.8, 4) is 0 Å². The lowest BCUT2D eigenvalue weighted by Crippen LogP contribution is -2.37. The molecule has 2 amide bonds. The zero-order chi connectivity index (χ0) is 19.3. The third-order valence-electron chi connectivity index (χ3n) is 4.11. The van der Waals surface area contributed by atoms with Gasteiger partial charge in [0, 0.05) is 44.4 Å². The van der Waals surface area contributed by atoms with Crippen molar-refractivity contribution in [1.29, 1.82) is 0 Å². The van der Waals surface area contributed by atoms with Crippen molar-refractivity contribution >= 4 is 40.6 Å². The Morgan fingerprint density at radius 1 is 1.04 bits per heavy atom. The molecule has 0 radical (unpaired) electrons. The van der Waals surface area contributed by atoms with E-state index in [9.17, 15) is 9.59 Å². The molecule has 0 N–H and O–H groups in total. The summed E-state index contributed by atoms with van der Waals surface area (Å²) in [6, 6.07) is 4.87. The predicted molar refractivity (Wildman–Crippen MR) is 101 cm³/mol. The fourth-order valence-corrected chi connectivity index (χ4v) is 3.32. The number of imide groups is 1. The molecule has 0 saturated carbocycles. The lowest BCUT2D eigenvalue weighted by molar-refractivity contribution is -0.137. The van der Waals surface area contributed by atoms with Gasteiger partial charge >= 0.3 is 0 Å². The smallest absolute Gasteiger partial charge is 0.277 e. The van der Waals surface area contributed by atoms with Crippen LogP contribution < -0.4 is 0 Å². The first-order valence-corrected chi connectivity index (χ1v) is 9.00. The van der Waals surface area contributed by atoms with Gasteiger partial charge in [-0.1, -0.05) is 29.3 Å². The van der Waals surface area contributed by atoms with Crippen molar-refractivity contribution < 1.29 is 19.1 Å². The molecule has 0 unspecified atom stereocenters. The molecule has 1 heterocycles. The van der Waals surface area contributed by atoms with Crippen LogP contribution in [0.1, 0.15) is 12.5 Å². The molecule has 1 aliphatic heterocycles. The minimum Gasteiger partial charge on any atom is -0.383 e. The Labute approximate surface area is 163 Å². The second-order valence-corrected chi connectivity index (χ2v) is 6.52. The van der Waals surface area contributed by atoms with Crippen LogP contribution in [-0.4, -0.2) is 68.7 Å². The monoisotopic (exact) mass is 400 g/mol. The predicted octanol–water partition coefficient (Wildman–Crippen LogP) is 2.69. The summed E-state index contributed by atoms with van der Waals surface area (Å²) >= 11 is 12.3. The van der Waals surface area contributed by atoms with Crippen LogP contribution in [0.15, 0.2) is 23.9 Å². The standard InChI is InChI=1S/C18H22Cl2N2O4/c1-4-22-17(23)15(13-6-5-12(19)11-14(13)20)16(18(22)24)21(7-9-25-2)8-10-26-3/h5-6,11H,4,7-10H2,1-3H3. The zero-order valence-electron chi connectivity index (χ0n) is 15.1. The number of hydrogen-bond acceptors (Lipinski definition) is 5. The number of rotatable bonds is 9. The van der Waals surface area contributed by atoms with Gasteiger partial charge in [0.05, 0.1) is 23.8 Å². The third kappa shape index (κ3) is 4.20. The molecule has 142 valence electrons. The average Bonchev–Trinajstić information content (AvgIpc) is 2.85. The van der Waals surface area contributed by atoms with Crippen molar-refractivity contribution in [2.75, 3.05) is 47.1 Å². The number of ether oxygens (including phenoxy) is 2. The molecular formula is C18H22Cl2N2O4. The topological polar surface area (TPSA) is 59.1 Å². The third-order valence-corrected chi connectivity index (χ3v) is 4.65. The summed E-state index contributed by atoms with van der Waals surface area (Å²) in [4.78, 5) is 28.9.